The maximum Gasteiger partial charge on any atom is 0.159 e. The number of hydrogen-bond acceptors (Lipinski definition) is 4. The molecule has 0 radical (unpaired) electrons. The lowest BCUT2D eigenvalue weighted by atomic mass is 9.97. The van der Waals surface area contributed by atoms with Gasteiger partial charge < -0.3 is 4.57 Å². The Morgan fingerprint density at radius 2 is 1.88 bits per heavy atom. The molecule has 0 aliphatic carbocycles. The van der Waals surface area contributed by atoms with Crippen molar-refractivity contribution in [3.05, 3.63) is 66.0 Å². The smallest absolute Gasteiger partial charge is 0.159 e. The third kappa shape index (κ3) is 3.68. The Kier molecular flexibility index (Phi) is 4.80. The molecule has 5 heteroatoms. The van der Waals surface area contributed by atoms with Gasteiger partial charge >= 0.3 is 0 Å². The number of benzene rings is 1. The van der Waals surface area contributed by atoms with Crippen LogP contribution in [0, 0.1) is 6.92 Å². The molecule has 0 amide bonds. The van der Waals surface area contributed by atoms with E-state index in [4.69, 9.17) is 4.98 Å². The summed E-state index contributed by atoms with van der Waals surface area (Å²) >= 11 is 0. The van der Waals surface area contributed by atoms with Crippen molar-refractivity contribution in [2.75, 3.05) is 13.1 Å². The van der Waals surface area contributed by atoms with Crippen LogP contribution >= 0.6 is 0 Å². The van der Waals surface area contributed by atoms with Gasteiger partial charge in [-0.05, 0) is 26.3 Å². The van der Waals surface area contributed by atoms with E-state index in [1.165, 1.54) is 24.2 Å². The van der Waals surface area contributed by atoms with E-state index in [-0.39, 0.29) is 0 Å². The van der Waals surface area contributed by atoms with Gasteiger partial charge in [0.05, 0.1) is 5.69 Å². The molecule has 0 bridgehead atoms. The molecule has 1 aromatic carbocycles. The van der Waals surface area contributed by atoms with Crippen molar-refractivity contribution in [1.82, 2.24) is 24.4 Å². The van der Waals surface area contributed by atoms with Crippen LogP contribution in [0.5, 0.6) is 0 Å². The molecule has 0 saturated carbocycles. The third-order valence-corrected chi connectivity index (χ3v) is 5.05. The van der Waals surface area contributed by atoms with Crippen LogP contribution in [0.15, 0.2) is 48.9 Å². The van der Waals surface area contributed by atoms with E-state index in [2.05, 4.69) is 39.6 Å². The highest BCUT2D eigenvalue weighted by molar-refractivity contribution is 5.53. The average Bonchev–Trinajstić information content (AvgIpc) is 3.01. The van der Waals surface area contributed by atoms with E-state index in [0.717, 1.165) is 36.7 Å². The van der Waals surface area contributed by atoms with E-state index in [1.54, 1.807) is 0 Å². The summed E-state index contributed by atoms with van der Waals surface area (Å²) in [6.07, 6.45) is 8.46. The Morgan fingerprint density at radius 1 is 1.12 bits per heavy atom. The standard InChI is InChI=1S/C21H25N5/c1-16-13-25(2)21(24-16)19-9-6-10-26(15-19)14-17-11-22-20(23-12-17)18-7-4-3-5-8-18/h3-5,7-8,11-13,19H,6,9-10,14-15H2,1-2H3/t19-/m1/s1. The van der Waals surface area contributed by atoms with E-state index >= 15 is 0 Å². The second-order valence-corrected chi connectivity index (χ2v) is 7.21. The third-order valence-electron chi connectivity index (χ3n) is 5.05. The Morgan fingerprint density at radius 3 is 2.58 bits per heavy atom. The van der Waals surface area contributed by atoms with Crippen LogP contribution in [0.4, 0.5) is 0 Å². The minimum atomic E-state index is 0.506. The molecule has 3 heterocycles. The average molecular weight is 347 g/mol. The maximum absolute atomic E-state index is 4.73. The van der Waals surface area contributed by atoms with Crippen molar-refractivity contribution in [2.24, 2.45) is 7.05 Å². The zero-order valence-electron chi connectivity index (χ0n) is 15.5. The van der Waals surface area contributed by atoms with Crippen LogP contribution < -0.4 is 0 Å². The van der Waals surface area contributed by atoms with Gasteiger partial charge in [-0.2, -0.15) is 0 Å². The molecule has 1 fully saturated rings. The van der Waals surface area contributed by atoms with Crippen molar-refractivity contribution < 1.29 is 0 Å². The lowest BCUT2D eigenvalue weighted by Gasteiger charge is -2.32. The molecule has 134 valence electrons. The monoisotopic (exact) mass is 347 g/mol. The molecule has 3 aromatic rings. The molecule has 0 N–H and O–H groups in total. The molecule has 1 saturated heterocycles. The van der Waals surface area contributed by atoms with Crippen LogP contribution in [0.2, 0.25) is 0 Å². The van der Waals surface area contributed by atoms with E-state index in [9.17, 15) is 0 Å². The molecule has 2 aromatic heterocycles. The predicted octanol–water partition coefficient (Wildman–Crippen LogP) is 3.57. The Bertz CT molecular complexity index is 854. The highest BCUT2D eigenvalue weighted by Crippen LogP contribution is 2.27. The highest BCUT2D eigenvalue weighted by Gasteiger charge is 2.24. The van der Waals surface area contributed by atoms with Gasteiger partial charge in [0.25, 0.3) is 0 Å². The molecule has 26 heavy (non-hydrogen) atoms. The molecule has 1 aliphatic heterocycles. The summed E-state index contributed by atoms with van der Waals surface area (Å²) in [5, 5.41) is 0. The Labute approximate surface area is 154 Å². The fourth-order valence-electron chi connectivity index (χ4n) is 3.85. The normalized spacial score (nSPS) is 18.2. The minimum absolute atomic E-state index is 0.506. The lowest BCUT2D eigenvalue weighted by molar-refractivity contribution is 0.195. The predicted molar refractivity (Wildman–Crippen MR) is 103 cm³/mol. The van der Waals surface area contributed by atoms with Crippen LogP contribution in [-0.4, -0.2) is 37.5 Å². The van der Waals surface area contributed by atoms with Crippen LogP contribution in [-0.2, 0) is 13.6 Å². The molecule has 4 rings (SSSR count). The topological polar surface area (TPSA) is 46.8 Å². The molecule has 1 aliphatic rings. The van der Waals surface area contributed by atoms with Crippen molar-refractivity contribution in [2.45, 2.75) is 32.2 Å². The minimum Gasteiger partial charge on any atom is -0.337 e. The number of aromatic nitrogens is 4. The summed E-state index contributed by atoms with van der Waals surface area (Å²) in [5.74, 6) is 2.50. The SMILES string of the molecule is Cc1cn(C)c([C@@H]2CCCN(Cc3cnc(-c4ccccc4)nc3)C2)n1. The van der Waals surface area contributed by atoms with Crippen LogP contribution in [0.1, 0.15) is 35.8 Å². The number of rotatable bonds is 4. The molecule has 0 spiro atoms. The van der Waals surface area contributed by atoms with Crippen LogP contribution in [0.3, 0.4) is 0 Å². The first-order valence-corrected chi connectivity index (χ1v) is 9.27. The molecule has 5 nitrogen and oxygen atoms in total. The van der Waals surface area contributed by atoms with Gasteiger partial charge in [0.15, 0.2) is 5.82 Å². The quantitative estimate of drug-likeness (QED) is 0.724. The van der Waals surface area contributed by atoms with Gasteiger partial charge in [-0.15, -0.1) is 0 Å². The first-order valence-electron chi connectivity index (χ1n) is 9.27. The number of imidazole rings is 1. The maximum atomic E-state index is 4.73. The summed E-state index contributed by atoms with van der Waals surface area (Å²) in [6.45, 7) is 5.13. The lowest BCUT2D eigenvalue weighted by Crippen LogP contribution is -2.34. The van der Waals surface area contributed by atoms with E-state index in [1.807, 2.05) is 42.7 Å². The van der Waals surface area contributed by atoms with Gasteiger partial charge in [-0.1, -0.05) is 30.3 Å². The van der Waals surface area contributed by atoms with E-state index < -0.39 is 0 Å². The van der Waals surface area contributed by atoms with E-state index in [0.29, 0.717) is 5.92 Å². The number of nitrogens with zero attached hydrogens (tertiary/aromatic N) is 5. The fraction of sp³-hybridized carbons (Fsp3) is 0.381. The molecule has 1 atom stereocenters. The second-order valence-electron chi connectivity index (χ2n) is 7.21. The summed E-state index contributed by atoms with van der Waals surface area (Å²) in [7, 11) is 2.10. The summed E-state index contributed by atoms with van der Waals surface area (Å²) in [5.41, 5.74) is 3.33. The fourth-order valence-corrected chi connectivity index (χ4v) is 3.85. The number of piperidine rings is 1. The van der Waals surface area contributed by atoms with Gasteiger partial charge in [-0.3, -0.25) is 4.90 Å². The first kappa shape index (κ1) is 16.9. The summed E-state index contributed by atoms with van der Waals surface area (Å²) in [4.78, 5) is 16.3. The van der Waals surface area contributed by atoms with Crippen molar-refractivity contribution in [1.29, 1.82) is 0 Å². The first-order chi connectivity index (χ1) is 12.7. The summed E-state index contributed by atoms with van der Waals surface area (Å²) < 4.78 is 2.18. The summed E-state index contributed by atoms with van der Waals surface area (Å²) in [6, 6.07) is 10.1. The van der Waals surface area contributed by atoms with Gasteiger partial charge in [0, 0.05) is 55.8 Å². The van der Waals surface area contributed by atoms with Gasteiger partial charge in [0.2, 0.25) is 0 Å². The number of hydrogen-bond donors (Lipinski definition) is 0. The van der Waals surface area contributed by atoms with Crippen molar-refractivity contribution in [3.63, 3.8) is 0 Å². The van der Waals surface area contributed by atoms with Crippen molar-refractivity contribution in [3.8, 4) is 11.4 Å². The Balaban J connectivity index is 1.43. The number of likely N-dealkylation sites (tertiary alicyclic amines) is 1. The van der Waals surface area contributed by atoms with Crippen molar-refractivity contribution >= 4 is 0 Å². The molecular formula is C21H25N5. The second kappa shape index (κ2) is 7.38. The molecular weight excluding hydrogens is 322 g/mol. The van der Waals surface area contributed by atoms with Crippen LogP contribution in [0.25, 0.3) is 11.4 Å². The highest BCUT2D eigenvalue weighted by atomic mass is 15.1. The Hall–Kier alpha value is -2.53. The zero-order valence-corrected chi connectivity index (χ0v) is 15.5. The number of aryl methyl sites for hydroxylation is 2. The molecule has 0 unspecified atom stereocenters. The van der Waals surface area contributed by atoms with Gasteiger partial charge in [-0.25, -0.2) is 15.0 Å². The zero-order chi connectivity index (χ0) is 17.9. The van der Waals surface area contributed by atoms with Gasteiger partial charge in [0.1, 0.15) is 5.82 Å². The largest absolute Gasteiger partial charge is 0.337 e.